The summed E-state index contributed by atoms with van der Waals surface area (Å²) in [5.74, 6) is 0.869. The van der Waals surface area contributed by atoms with Crippen molar-refractivity contribution >= 4 is 28.5 Å². The van der Waals surface area contributed by atoms with Crippen LogP contribution in [-0.2, 0) is 13.1 Å². The van der Waals surface area contributed by atoms with Gasteiger partial charge >= 0.3 is 0 Å². The van der Waals surface area contributed by atoms with Gasteiger partial charge in [-0.2, -0.15) is 5.10 Å². The lowest BCUT2D eigenvalue weighted by atomic mass is 10.2. The summed E-state index contributed by atoms with van der Waals surface area (Å²) in [6, 6.07) is 7.55. The van der Waals surface area contributed by atoms with Crippen molar-refractivity contribution in [2.24, 2.45) is 0 Å². The smallest absolute Gasteiger partial charge is 0.271 e. The number of benzene rings is 1. The molecular weight excluding hydrogens is 318 g/mol. The van der Waals surface area contributed by atoms with Crippen LogP contribution in [0.1, 0.15) is 23.2 Å². The molecule has 0 bridgehead atoms. The Balaban J connectivity index is 1.83. The number of aryl methyl sites for hydroxylation is 1. The summed E-state index contributed by atoms with van der Waals surface area (Å²) in [6.45, 7) is 2.65. The third-order valence-corrected chi connectivity index (χ3v) is 3.82. The second-order valence-corrected chi connectivity index (χ2v) is 5.30. The molecule has 120 valence electrons. The maximum Gasteiger partial charge on any atom is 0.271 e. The first-order chi connectivity index (χ1) is 11.2. The number of hydrogen-bond acceptors (Lipinski definition) is 4. The van der Waals surface area contributed by atoms with Crippen LogP contribution >= 0.6 is 11.6 Å². The van der Waals surface area contributed by atoms with Gasteiger partial charge in [0, 0.05) is 6.54 Å². The number of furan rings is 1. The maximum absolute atomic E-state index is 12.4. The zero-order valence-corrected chi connectivity index (χ0v) is 13.6. The molecule has 0 saturated heterocycles. The SMILES string of the molecule is CCn1ncc(Cl)c1C(=O)NCc1oc2ccccc2c1OC. The van der Waals surface area contributed by atoms with Crippen LogP contribution in [0.4, 0.5) is 0 Å². The van der Waals surface area contributed by atoms with Crippen LogP contribution in [0.15, 0.2) is 34.9 Å². The number of aromatic nitrogens is 2. The highest BCUT2D eigenvalue weighted by Crippen LogP contribution is 2.32. The Morgan fingerprint density at radius 3 is 2.96 bits per heavy atom. The number of nitrogens with one attached hydrogen (secondary N) is 1. The summed E-state index contributed by atoms with van der Waals surface area (Å²) in [6.07, 6.45) is 1.46. The summed E-state index contributed by atoms with van der Waals surface area (Å²) in [5.41, 5.74) is 1.05. The molecule has 0 atom stereocenters. The second kappa shape index (κ2) is 6.34. The zero-order chi connectivity index (χ0) is 16.4. The van der Waals surface area contributed by atoms with Crippen molar-refractivity contribution in [3.63, 3.8) is 0 Å². The van der Waals surface area contributed by atoms with Crippen LogP contribution in [0.2, 0.25) is 5.02 Å². The quantitative estimate of drug-likeness (QED) is 0.778. The molecule has 23 heavy (non-hydrogen) atoms. The van der Waals surface area contributed by atoms with Crippen molar-refractivity contribution < 1.29 is 13.9 Å². The average Bonchev–Trinajstić information content (AvgIpc) is 3.12. The molecular formula is C16H16ClN3O3. The van der Waals surface area contributed by atoms with Gasteiger partial charge in [0.1, 0.15) is 11.3 Å². The van der Waals surface area contributed by atoms with Crippen molar-refractivity contribution in [1.82, 2.24) is 15.1 Å². The molecule has 3 aromatic rings. The van der Waals surface area contributed by atoms with Gasteiger partial charge in [-0.05, 0) is 19.1 Å². The second-order valence-electron chi connectivity index (χ2n) is 4.89. The number of ether oxygens (including phenoxy) is 1. The Hall–Kier alpha value is -2.47. The highest BCUT2D eigenvalue weighted by Gasteiger charge is 2.19. The van der Waals surface area contributed by atoms with Crippen molar-refractivity contribution in [3.8, 4) is 5.75 Å². The Bertz CT molecular complexity index is 853. The van der Waals surface area contributed by atoms with E-state index in [0.29, 0.717) is 34.4 Å². The molecule has 3 rings (SSSR count). The standard InChI is InChI=1S/C16H16ClN3O3/c1-3-20-14(11(17)8-19-20)16(21)18-9-13-15(22-2)10-6-4-5-7-12(10)23-13/h4-8H,3,9H2,1-2H3,(H,18,21). The number of nitrogens with zero attached hydrogens (tertiary/aromatic N) is 2. The fourth-order valence-corrected chi connectivity index (χ4v) is 2.71. The fraction of sp³-hybridized carbons (Fsp3) is 0.250. The zero-order valence-electron chi connectivity index (χ0n) is 12.8. The number of amides is 1. The normalized spacial score (nSPS) is 10.9. The van der Waals surface area contributed by atoms with Crippen LogP contribution in [0.5, 0.6) is 5.75 Å². The van der Waals surface area contributed by atoms with Gasteiger partial charge in [0.2, 0.25) is 0 Å². The molecule has 0 aliphatic rings. The summed E-state index contributed by atoms with van der Waals surface area (Å²) >= 11 is 6.03. The minimum atomic E-state index is -0.308. The van der Waals surface area contributed by atoms with E-state index in [1.54, 1.807) is 11.8 Å². The number of hydrogen-bond donors (Lipinski definition) is 1. The van der Waals surface area contributed by atoms with Gasteiger partial charge < -0.3 is 14.5 Å². The number of rotatable bonds is 5. The molecule has 1 aromatic carbocycles. The molecule has 0 spiro atoms. The Morgan fingerprint density at radius 1 is 1.43 bits per heavy atom. The molecule has 6 nitrogen and oxygen atoms in total. The topological polar surface area (TPSA) is 69.3 Å². The number of carbonyl (C=O) groups excluding carboxylic acids is 1. The maximum atomic E-state index is 12.4. The molecule has 0 unspecified atom stereocenters. The number of carbonyl (C=O) groups is 1. The Kier molecular flexibility index (Phi) is 4.25. The lowest BCUT2D eigenvalue weighted by molar-refractivity contribution is 0.0937. The lowest BCUT2D eigenvalue weighted by Crippen LogP contribution is -2.26. The molecule has 1 amide bonds. The van der Waals surface area contributed by atoms with Crippen LogP contribution in [-0.4, -0.2) is 22.8 Å². The molecule has 1 N–H and O–H groups in total. The number of methoxy groups -OCH3 is 1. The van der Waals surface area contributed by atoms with Crippen LogP contribution in [0.3, 0.4) is 0 Å². The minimum Gasteiger partial charge on any atom is -0.492 e. The summed E-state index contributed by atoms with van der Waals surface area (Å²) < 4.78 is 12.7. The highest BCUT2D eigenvalue weighted by molar-refractivity contribution is 6.33. The Labute approximate surface area is 138 Å². The first kappa shape index (κ1) is 15.4. The van der Waals surface area contributed by atoms with Gasteiger partial charge in [0.25, 0.3) is 5.91 Å². The summed E-state index contributed by atoms with van der Waals surface area (Å²) in [4.78, 5) is 12.4. The third kappa shape index (κ3) is 2.77. The van der Waals surface area contributed by atoms with Gasteiger partial charge in [-0.15, -0.1) is 0 Å². The van der Waals surface area contributed by atoms with Gasteiger partial charge in [-0.3, -0.25) is 9.48 Å². The van der Waals surface area contributed by atoms with E-state index in [1.807, 2.05) is 31.2 Å². The van der Waals surface area contributed by atoms with Crippen molar-refractivity contribution in [1.29, 1.82) is 0 Å². The van der Waals surface area contributed by atoms with E-state index in [-0.39, 0.29) is 12.5 Å². The van der Waals surface area contributed by atoms with E-state index in [0.717, 1.165) is 5.39 Å². The van der Waals surface area contributed by atoms with Crippen molar-refractivity contribution in [2.75, 3.05) is 7.11 Å². The number of fused-ring (bicyclic) bond motifs is 1. The van der Waals surface area contributed by atoms with E-state index in [9.17, 15) is 4.79 Å². The van der Waals surface area contributed by atoms with Crippen LogP contribution in [0, 0.1) is 0 Å². The van der Waals surface area contributed by atoms with E-state index >= 15 is 0 Å². The molecule has 7 heteroatoms. The molecule has 0 saturated carbocycles. The highest BCUT2D eigenvalue weighted by atomic mass is 35.5. The minimum absolute atomic E-state index is 0.196. The summed E-state index contributed by atoms with van der Waals surface area (Å²) in [7, 11) is 1.58. The molecule has 0 aliphatic carbocycles. The van der Waals surface area contributed by atoms with E-state index in [1.165, 1.54) is 6.20 Å². The van der Waals surface area contributed by atoms with Crippen molar-refractivity contribution in [3.05, 3.63) is 46.9 Å². The van der Waals surface area contributed by atoms with Gasteiger partial charge in [-0.1, -0.05) is 23.7 Å². The average molecular weight is 334 g/mol. The predicted octanol–water partition coefficient (Wildman–Crippen LogP) is 3.24. The first-order valence-corrected chi connectivity index (χ1v) is 7.57. The number of para-hydroxylation sites is 1. The monoisotopic (exact) mass is 333 g/mol. The largest absolute Gasteiger partial charge is 0.492 e. The van der Waals surface area contributed by atoms with Crippen LogP contribution < -0.4 is 10.1 Å². The van der Waals surface area contributed by atoms with E-state index in [4.69, 9.17) is 20.8 Å². The van der Waals surface area contributed by atoms with Crippen molar-refractivity contribution in [2.45, 2.75) is 20.0 Å². The summed E-state index contributed by atoms with van der Waals surface area (Å²) in [5, 5.41) is 8.04. The number of halogens is 1. The fourth-order valence-electron chi connectivity index (χ4n) is 2.48. The first-order valence-electron chi connectivity index (χ1n) is 7.19. The van der Waals surface area contributed by atoms with Crippen LogP contribution in [0.25, 0.3) is 11.0 Å². The van der Waals surface area contributed by atoms with Gasteiger partial charge in [0.15, 0.2) is 11.5 Å². The van der Waals surface area contributed by atoms with E-state index < -0.39 is 0 Å². The predicted molar refractivity (Wildman–Crippen MR) is 86.8 cm³/mol. The molecule has 2 aromatic heterocycles. The third-order valence-electron chi connectivity index (χ3n) is 3.54. The Morgan fingerprint density at radius 2 is 2.22 bits per heavy atom. The van der Waals surface area contributed by atoms with Gasteiger partial charge in [0.05, 0.1) is 30.3 Å². The lowest BCUT2D eigenvalue weighted by Gasteiger charge is -2.07. The molecule has 0 aliphatic heterocycles. The molecule has 0 radical (unpaired) electrons. The van der Waals surface area contributed by atoms with Gasteiger partial charge in [-0.25, -0.2) is 0 Å². The molecule has 0 fully saturated rings. The van der Waals surface area contributed by atoms with E-state index in [2.05, 4.69) is 10.4 Å². The molecule has 2 heterocycles.